The van der Waals surface area contributed by atoms with Crippen molar-refractivity contribution in [3.05, 3.63) is 11.0 Å². The molecule has 1 rings (SSSR count). The van der Waals surface area contributed by atoms with Crippen molar-refractivity contribution in [2.24, 2.45) is 0 Å². The van der Waals surface area contributed by atoms with E-state index in [1.165, 1.54) is 0 Å². The van der Waals surface area contributed by atoms with Crippen molar-refractivity contribution in [1.82, 2.24) is 0 Å². The number of hydrogen-bond acceptors (Lipinski definition) is 2. The zero-order chi connectivity index (χ0) is 8.10. The van der Waals surface area contributed by atoms with Gasteiger partial charge in [-0.15, -0.1) is 0 Å². The van der Waals surface area contributed by atoms with Crippen LogP contribution in [0.5, 0.6) is 0 Å². The second-order valence-corrected chi connectivity index (χ2v) is 2.89. The van der Waals surface area contributed by atoms with Crippen LogP contribution in [-0.4, -0.2) is 20.3 Å². The molecule has 4 heteroatoms. The third kappa shape index (κ3) is 2.85. The maximum atomic E-state index is 5.88. The largest absolute Gasteiger partial charge is 0.505 e. The average Bonchev–Trinajstić information content (AvgIpc) is 2.52. The molecule has 1 saturated heterocycles. The van der Waals surface area contributed by atoms with Gasteiger partial charge in [-0.25, -0.2) is 0 Å². The smallest absolute Gasteiger partial charge is 0.404 e. The maximum Gasteiger partial charge on any atom is 0.505 e. The van der Waals surface area contributed by atoms with Crippen LogP contribution in [-0.2, 0) is 9.31 Å². The lowest BCUT2D eigenvalue weighted by atomic mass is 9.89. The molecule has 1 aliphatic heterocycles. The summed E-state index contributed by atoms with van der Waals surface area (Å²) in [7, 11) is -0.289. The van der Waals surface area contributed by atoms with Crippen LogP contribution in [0.25, 0.3) is 0 Å². The Balaban J connectivity index is 2.32. The maximum absolute atomic E-state index is 5.88. The molecule has 2 nitrogen and oxygen atoms in total. The molecule has 62 valence electrons. The predicted molar refractivity (Wildman–Crippen MR) is 46.5 cm³/mol. The fourth-order valence-electron chi connectivity index (χ4n) is 0.896. The molecule has 0 unspecified atom stereocenters. The SMILES string of the molecule is CCCC=C(Cl)B1OCCO1. The highest BCUT2D eigenvalue weighted by Crippen LogP contribution is 2.14. The van der Waals surface area contributed by atoms with Crippen molar-refractivity contribution in [2.45, 2.75) is 19.8 Å². The quantitative estimate of drug-likeness (QED) is 0.609. The molecule has 1 aliphatic rings. The molecule has 0 spiro atoms. The summed E-state index contributed by atoms with van der Waals surface area (Å²) < 4.78 is 10.4. The van der Waals surface area contributed by atoms with E-state index in [2.05, 4.69) is 6.92 Å². The minimum Gasteiger partial charge on any atom is -0.404 e. The molecule has 0 amide bonds. The standard InChI is InChI=1S/C7H12BClO2/c1-2-3-4-7(9)8-10-5-6-11-8/h4H,2-3,5-6H2,1H3. The number of allylic oxidation sites excluding steroid dienone is 1. The van der Waals surface area contributed by atoms with Gasteiger partial charge < -0.3 is 9.31 Å². The van der Waals surface area contributed by atoms with Crippen molar-refractivity contribution in [3.8, 4) is 0 Å². The van der Waals surface area contributed by atoms with E-state index in [0.717, 1.165) is 12.8 Å². The van der Waals surface area contributed by atoms with Gasteiger partial charge in [0.2, 0.25) is 0 Å². The normalized spacial score (nSPS) is 19.5. The summed E-state index contributed by atoms with van der Waals surface area (Å²) in [6.07, 6.45) is 4.04. The second-order valence-electron chi connectivity index (χ2n) is 2.45. The Bertz CT molecular complexity index is 143. The minimum absolute atomic E-state index is 0.289. The molecule has 1 heterocycles. The first-order valence-corrected chi connectivity index (χ1v) is 4.31. The Morgan fingerprint density at radius 2 is 2.18 bits per heavy atom. The Morgan fingerprint density at radius 3 is 2.73 bits per heavy atom. The van der Waals surface area contributed by atoms with Gasteiger partial charge in [-0.3, -0.25) is 0 Å². The number of rotatable bonds is 3. The first-order valence-electron chi connectivity index (χ1n) is 3.93. The monoisotopic (exact) mass is 174 g/mol. The van der Waals surface area contributed by atoms with E-state index in [0.29, 0.717) is 18.1 Å². The predicted octanol–water partition coefficient (Wildman–Crippen LogP) is 1.98. The summed E-state index contributed by atoms with van der Waals surface area (Å²) in [6.45, 7) is 3.42. The first kappa shape index (κ1) is 9.11. The van der Waals surface area contributed by atoms with Gasteiger partial charge in [-0.05, 0) is 6.42 Å². The van der Waals surface area contributed by atoms with Crippen LogP contribution in [0.3, 0.4) is 0 Å². The fraction of sp³-hybridized carbons (Fsp3) is 0.714. The number of hydrogen-bond donors (Lipinski definition) is 0. The van der Waals surface area contributed by atoms with Gasteiger partial charge in [0.25, 0.3) is 0 Å². The van der Waals surface area contributed by atoms with Gasteiger partial charge in [0.05, 0.1) is 13.2 Å². The van der Waals surface area contributed by atoms with E-state index in [1.807, 2.05) is 6.08 Å². The molecule has 0 bridgehead atoms. The molecule has 0 aromatic carbocycles. The lowest BCUT2D eigenvalue weighted by Gasteiger charge is -2.00. The Kier molecular flexibility index (Phi) is 3.98. The van der Waals surface area contributed by atoms with Gasteiger partial charge in [-0.2, -0.15) is 0 Å². The molecule has 0 aliphatic carbocycles. The summed E-state index contributed by atoms with van der Waals surface area (Å²) in [5.41, 5.74) is 0. The lowest BCUT2D eigenvalue weighted by Crippen LogP contribution is -2.14. The molecule has 0 aromatic heterocycles. The summed E-state index contributed by atoms with van der Waals surface area (Å²) in [6, 6.07) is 0. The molecule has 0 saturated carbocycles. The van der Waals surface area contributed by atoms with Crippen molar-refractivity contribution in [3.63, 3.8) is 0 Å². The molecule has 0 aromatic rings. The lowest BCUT2D eigenvalue weighted by molar-refractivity contribution is 0.365. The zero-order valence-corrected chi connectivity index (χ0v) is 7.43. The molecular weight excluding hydrogens is 162 g/mol. The van der Waals surface area contributed by atoms with E-state index in [1.54, 1.807) is 0 Å². The van der Waals surface area contributed by atoms with Crippen LogP contribution < -0.4 is 0 Å². The van der Waals surface area contributed by atoms with Crippen LogP contribution in [0.2, 0.25) is 0 Å². The van der Waals surface area contributed by atoms with Crippen molar-refractivity contribution >= 4 is 18.7 Å². The van der Waals surface area contributed by atoms with Gasteiger partial charge >= 0.3 is 7.12 Å². The third-order valence-electron chi connectivity index (χ3n) is 1.47. The molecule has 0 N–H and O–H groups in total. The highest BCUT2D eigenvalue weighted by Gasteiger charge is 2.26. The van der Waals surface area contributed by atoms with E-state index in [4.69, 9.17) is 20.9 Å². The molecular formula is C7H12BClO2. The molecule has 1 fully saturated rings. The summed E-state index contributed by atoms with van der Waals surface area (Å²) >= 11 is 5.88. The van der Waals surface area contributed by atoms with E-state index < -0.39 is 0 Å². The molecule has 0 radical (unpaired) electrons. The molecule has 11 heavy (non-hydrogen) atoms. The van der Waals surface area contributed by atoms with Crippen LogP contribution in [0, 0.1) is 0 Å². The van der Waals surface area contributed by atoms with E-state index >= 15 is 0 Å². The van der Waals surface area contributed by atoms with Crippen molar-refractivity contribution in [1.29, 1.82) is 0 Å². The highest BCUT2D eigenvalue weighted by atomic mass is 35.5. The zero-order valence-electron chi connectivity index (χ0n) is 6.68. The fourth-order valence-corrected chi connectivity index (χ4v) is 1.13. The van der Waals surface area contributed by atoms with Gasteiger partial charge in [0, 0.05) is 4.93 Å². The van der Waals surface area contributed by atoms with Gasteiger partial charge in [0.1, 0.15) is 0 Å². The Hall–Kier alpha value is 0.0149. The topological polar surface area (TPSA) is 18.5 Å². The summed E-state index contributed by atoms with van der Waals surface area (Å²) in [5, 5.41) is 0. The van der Waals surface area contributed by atoms with Crippen LogP contribution in [0.4, 0.5) is 0 Å². The highest BCUT2D eigenvalue weighted by molar-refractivity contribution is 6.69. The molecule has 0 atom stereocenters. The second kappa shape index (κ2) is 4.80. The van der Waals surface area contributed by atoms with Crippen molar-refractivity contribution < 1.29 is 9.31 Å². The number of unbranched alkanes of at least 4 members (excludes halogenated alkanes) is 1. The minimum atomic E-state index is -0.289. The van der Waals surface area contributed by atoms with Crippen LogP contribution in [0.15, 0.2) is 11.0 Å². The van der Waals surface area contributed by atoms with Gasteiger partial charge in [-0.1, -0.05) is 31.0 Å². The Labute approximate surface area is 72.7 Å². The summed E-state index contributed by atoms with van der Waals surface area (Å²) in [5.74, 6) is 0. The van der Waals surface area contributed by atoms with Crippen molar-refractivity contribution in [2.75, 3.05) is 13.2 Å². The average molecular weight is 174 g/mol. The van der Waals surface area contributed by atoms with Crippen LogP contribution in [0.1, 0.15) is 19.8 Å². The first-order chi connectivity index (χ1) is 5.34. The van der Waals surface area contributed by atoms with Gasteiger partial charge in [0.15, 0.2) is 0 Å². The third-order valence-corrected chi connectivity index (χ3v) is 1.81. The van der Waals surface area contributed by atoms with E-state index in [9.17, 15) is 0 Å². The van der Waals surface area contributed by atoms with E-state index in [-0.39, 0.29) is 7.12 Å². The summed E-state index contributed by atoms with van der Waals surface area (Å²) in [4.78, 5) is 0.685. The Morgan fingerprint density at radius 1 is 1.55 bits per heavy atom. The number of halogens is 1. The van der Waals surface area contributed by atoms with Crippen LogP contribution >= 0.6 is 11.6 Å².